The molecule has 3 nitrogen and oxygen atoms in total. The van der Waals surface area contributed by atoms with Gasteiger partial charge in [-0.15, -0.1) is 0 Å². The number of nitrogens with zero attached hydrogens (tertiary/aromatic N) is 1. The lowest BCUT2D eigenvalue weighted by Gasteiger charge is -2.38. The van der Waals surface area contributed by atoms with Gasteiger partial charge in [-0.2, -0.15) is 0 Å². The molecule has 0 aromatic heterocycles. The van der Waals surface area contributed by atoms with E-state index in [1.807, 2.05) is 4.90 Å². The maximum atomic E-state index is 12.1. The summed E-state index contributed by atoms with van der Waals surface area (Å²) in [6.07, 6.45) is 2.12. The molecule has 1 amide bonds. The number of carbonyl (C=O) groups excluding carboxylic acids is 1. The lowest BCUT2D eigenvalue weighted by molar-refractivity contribution is -0.139. The lowest BCUT2D eigenvalue weighted by Crippen LogP contribution is -2.54. The minimum absolute atomic E-state index is 0.0601. The van der Waals surface area contributed by atoms with Gasteiger partial charge in [0, 0.05) is 12.6 Å². The smallest absolute Gasteiger partial charge is 0.239 e. The number of amides is 1. The topological polar surface area (TPSA) is 32.3 Å². The molecule has 0 aliphatic carbocycles. The van der Waals surface area contributed by atoms with E-state index >= 15 is 0 Å². The summed E-state index contributed by atoms with van der Waals surface area (Å²) in [7, 11) is 0. The summed E-state index contributed by atoms with van der Waals surface area (Å²) in [6, 6.07) is 0.420. The van der Waals surface area contributed by atoms with Crippen molar-refractivity contribution in [1.29, 1.82) is 0 Å². The Morgan fingerprint density at radius 1 is 1.47 bits per heavy atom. The van der Waals surface area contributed by atoms with Crippen molar-refractivity contribution in [2.24, 2.45) is 5.92 Å². The molecule has 15 heavy (non-hydrogen) atoms. The molecule has 1 aliphatic rings. The molecule has 0 aromatic carbocycles. The van der Waals surface area contributed by atoms with Gasteiger partial charge in [0.15, 0.2) is 0 Å². The zero-order valence-electron chi connectivity index (χ0n) is 10.4. The highest BCUT2D eigenvalue weighted by Crippen LogP contribution is 2.18. The Hall–Kier alpha value is -0.570. The number of hydrogen-bond acceptors (Lipinski definition) is 2. The van der Waals surface area contributed by atoms with Gasteiger partial charge in [0.2, 0.25) is 5.91 Å². The van der Waals surface area contributed by atoms with Crippen molar-refractivity contribution in [1.82, 2.24) is 10.2 Å². The van der Waals surface area contributed by atoms with Gasteiger partial charge in [0.05, 0.1) is 6.04 Å². The van der Waals surface area contributed by atoms with E-state index in [-0.39, 0.29) is 6.04 Å². The van der Waals surface area contributed by atoms with Gasteiger partial charge in [-0.1, -0.05) is 20.8 Å². The predicted molar refractivity (Wildman–Crippen MR) is 62.7 cm³/mol. The molecule has 1 heterocycles. The van der Waals surface area contributed by atoms with Gasteiger partial charge in [0.1, 0.15) is 0 Å². The molecule has 1 fully saturated rings. The standard InChI is InChI=1S/C12H24N2O/c1-5-13-11-7-6-8-14(12(11)15)10(4)9(2)3/h9-11,13H,5-8H2,1-4H3. The van der Waals surface area contributed by atoms with Crippen molar-refractivity contribution in [3.05, 3.63) is 0 Å². The summed E-state index contributed by atoms with van der Waals surface area (Å²) in [5.41, 5.74) is 0. The van der Waals surface area contributed by atoms with E-state index < -0.39 is 0 Å². The van der Waals surface area contributed by atoms with Crippen LogP contribution in [0.15, 0.2) is 0 Å². The van der Waals surface area contributed by atoms with Crippen LogP contribution in [0.2, 0.25) is 0 Å². The summed E-state index contributed by atoms with van der Waals surface area (Å²) in [4.78, 5) is 14.2. The Balaban J connectivity index is 2.62. The van der Waals surface area contributed by atoms with E-state index in [0.717, 1.165) is 25.9 Å². The molecule has 0 spiro atoms. The normalized spacial score (nSPS) is 24.7. The van der Waals surface area contributed by atoms with Gasteiger partial charge in [-0.05, 0) is 32.2 Å². The third-order valence-corrected chi connectivity index (χ3v) is 3.38. The molecule has 0 saturated carbocycles. The summed E-state index contributed by atoms with van der Waals surface area (Å²) in [6.45, 7) is 10.4. The third-order valence-electron chi connectivity index (χ3n) is 3.38. The van der Waals surface area contributed by atoms with Crippen molar-refractivity contribution in [2.75, 3.05) is 13.1 Å². The fraction of sp³-hybridized carbons (Fsp3) is 0.917. The first kappa shape index (κ1) is 12.5. The second kappa shape index (κ2) is 5.50. The Labute approximate surface area is 93.2 Å². The van der Waals surface area contributed by atoms with Crippen molar-refractivity contribution >= 4 is 5.91 Å². The lowest BCUT2D eigenvalue weighted by atomic mass is 9.98. The van der Waals surface area contributed by atoms with Crippen LogP contribution in [0, 0.1) is 5.92 Å². The highest BCUT2D eigenvalue weighted by molar-refractivity contribution is 5.82. The van der Waals surface area contributed by atoms with Crippen molar-refractivity contribution in [2.45, 2.75) is 52.6 Å². The number of hydrogen-bond donors (Lipinski definition) is 1. The molecule has 0 aromatic rings. The molecule has 2 atom stereocenters. The van der Waals surface area contributed by atoms with Gasteiger partial charge in [-0.3, -0.25) is 4.79 Å². The van der Waals surface area contributed by atoms with Crippen molar-refractivity contribution < 1.29 is 4.79 Å². The van der Waals surface area contributed by atoms with E-state index in [0.29, 0.717) is 17.9 Å². The van der Waals surface area contributed by atoms with Crippen molar-refractivity contribution in [3.8, 4) is 0 Å². The van der Waals surface area contributed by atoms with Crippen LogP contribution < -0.4 is 5.32 Å². The third kappa shape index (κ3) is 2.94. The molecular formula is C12H24N2O. The van der Waals surface area contributed by atoms with Crippen LogP contribution in [0.25, 0.3) is 0 Å². The average molecular weight is 212 g/mol. The first-order chi connectivity index (χ1) is 7.07. The second-order valence-corrected chi connectivity index (χ2v) is 4.77. The summed E-state index contributed by atoms with van der Waals surface area (Å²) < 4.78 is 0. The summed E-state index contributed by atoms with van der Waals surface area (Å²) >= 11 is 0. The van der Waals surface area contributed by atoms with Crippen LogP contribution in [0.5, 0.6) is 0 Å². The molecule has 1 N–H and O–H groups in total. The molecule has 1 rings (SSSR count). The predicted octanol–water partition coefficient (Wildman–Crippen LogP) is 1.63. The average Bonchev–Trinajstić information content (AvgIpc) is 2.20. The molecular weight excluding hydrogens is 188 g/mol. The van der Waals surface area contributed by atoms with E-state index in [2.05, 4.69) is 33.0 Å². The SMILES string of the molecule is CCNC1CCCN(C(C)C(C)C)C1=O. The number of carbonyl (C=O) groups is 1. The first-order valence-corrected chi connectivity index (χ1v) is 6.11. The van der Waals surface area contributed by atoms with Gasteiger partial charge in [-0.25, -0.2) is 0 Å². The largest absolute Gasteiger partial charge is 0.338 e. The fourth-order valence-corrected chi connectivity index (χ4v) is 2.10. The molecule has 1 aliphatic heterocycles. The highest BCUT2D eigenvalue weighted by Gasteiger charge is 2.31. The maximum Gasteiger partial charge on any atom is 0.239 e. The van der Waals surface area contributed by atoms with Crippen molar-refractivity contribution in [3.63, 3.8) is 0 Å². The zero-order chi connectivity index (χ0) is 11.4. The second-order valence-electron chi connectivity index (χ2n) is 4.77. The Morgan fingerprint density at radius 2 is 2.13 bits per heavy atom. The van der Waals surface area contributed by atoms with Crippen LogP contribution in [0.4, 0.5) is 0 Å². The molecule has 3 heteroatoms. The zero-order valence-corrected chi connectivity index (χ0v) is 10.4. The Morgan fingerprint density at radius 3 is 2.67 bits per heavy atom. The van der Waals surface area contributed by atoms with E-state index in [1.165, 1.54) is 0 Å². The van der Waals surface area contributed by atoms with Crippen LogP contribution in [-0.4, -0.2) is 36.0 Å². The number of nitrogens with one attached hydrogen (secondary N) is 1. The van der Waals surface area contributed by atoms with Gasteiger partial charge in [0.25, 0.3) is 0 Å². The minimum atomic E-state index is 0.0601. The van der Waals surface area contributed by atoms with Gasteiger partial charge >= 0.3 is 0 Å². The molecule has 88 valence electrons. The molecule has 2 unspecified atom stereocenters. The Bertz CT molecular complexity index is 214. The number of likely N-dealkylation sites (tertiary alicyclic amines) is 1. The van der Waals surface area contributed by atoms with Crippen LogP contribution in [0.1, 0.15) is 40.5 Å². The monoisotopic (exact) mass is 212 g/mol. The quantitative estimate of drug-likeness (QED) is 0.768. The molecule has 0 radical (unpaired) electrons. The molecule has 0 bridgehead atoms. The van der Waals surface area contributed by atoms with E-state index in [4.69, 9.17) is 0 Å². The maximum absolute atomic E-state index is 12.1. The van der Waals surface area contributed by atoms with Crippen LogP contribution in [-0.2, 0) is 4.79 Å². The van der Waals surface area contributed by atoms with Gasteiger partial charge < -0.3 is 10.2 Å². The minimum Gasteiger partial charge on any atom is -0.338 e. The summed E-state index contributed by atoms with van der Waals surface area (Å²) in [5.74, 6) is 0.832. The number of piperidine rings is 1. The molecule has 1 saturated heterocycles. The van der Waals surface area contributed by atoms with Crippen LogP contribution in [0.3, 0.4) is 0 Å². The van der Waals surface area contributed by atoms with Crippen LogP contribution >= 0.6 is 0 Å². The number of likely N-dealkylation sites (N-methyl/N-ethyl adjacent to an activating group) is 1. The Kier molecular flexibility index (Phi) is 4.58. The van der Waals surface area contributed by atoms with E-state index in [9.17, 15) is 4.79 Å². The van der Waals surface area contributed by atoms with E-state index in [1.54, 1.807) is 0 Å². The summed E-state index contributed by atoms with van der Waals surface area (Å²) in [5, 5.41) is 3.27. The highest BCUT2D eigenvalue weighted by atomic mass is 16.2. The fourth-order valence-electron chi connectivity index (χ4n) is 2.10. The first-order valence-electron chi connectivity index (χ1n) is 6.11. The number of rotatable bonds is 4.